The summed E-state index contributed by atoms with van der Waals surface area (Å²) in [5.74, 6) is -1.06. The SMILES string of the molecule is Cc1cc(C(=O)NCC2(CC(=O)O)CCOCC2)ccc1Cl. The molecule has 0 bridgehead atoms. The molecule has 1 aromatic rings. The van der Waals surface area contributed by atoms with Gasteiger partial charge in [-0.2, -0.15) is 0 Å². The molecule has 1 aliphatic rings. The van der Waals surface area contributed by atoms with Crippen LogP contribution in [0.2, 0.25) is 5.02 Å². The second-order valence-corrected chi connectivity index (χ2v) is 6.24. The predicted molar refractivity (Wildman–Crippen MR) is 83.3 cm³/mol. The minimum absolute atomic E-state index is 0.0380. The molecule has 2 rings (SSSR count). The lowest BCUT2D eigenvalue weighted by Gasteiger charge is -2.36. The van der Waals surface area contributed by atoms with E-state index in [9.17, 15) is 9.59 Å². The first-order chi connectivity index (χ1) is 10.4. The number of carbonyl (C=O) groups excluding carboxylic acids is 1. The summed E-state index contributed by atoms with van der Waals surface area (Å²) in [6, 6.07) is 5.08. The second kappa shape index (κ2) is 7.11. The van der Waals surface area contributed by atoms with Crippen LogP contribution in [0.5, 0.6) is 0 Å². The maximum atomic E-state index is 12.2. The van der Waals surface area contributed by atoms with Crippen molar-refractivity contribution < 1.29 is 19.4 Å². The third-order valence-corrected chi connectivity index (χ3v) is 4.55. The topological polar surface area (TPSA) is 75.6 Å². The summed E-state index contributed by atoms with van der Waals surface area (Å²) < 4.78 is 5.31. The van der Waals surface area contributed by atoms with Gasteiger partial charge in [0.25, 0.3) is 5.91 Å². The van der Waals surface area contributed by atoms with E-state index in [1.54, 1.807) is 18.2 Å². The quantitative estimate of drug-likeness (QED) is 0.872. The highest BCUT2D eigenvalue weighted by Gasteiger charge is 2.35. The number of amides is 1. The zero-order valence-corrected chi connectivity index (χ0v) is 13.3. The van der Waals surface area contributed by atoms with Crippen LogP contribution >= 0.6 is 11.6 Å². The largest absolute Gasteiger partial charge is 0.481 e. The minimum atomic E-state index is -0.849. The number of nitrogens with one attached hydrogen (secondary N) is 1. The Bertz CT molecular complexity index is 567. The zero-order valence-electron chi connectivity index (χ0n) is 12.5. The van der Waals surface area contributed by atoms with Crippen LogP contribution in [0, 0.1) is 12.3 Å². The molecular weight excluding hydrogens is 306 g/mol. The molecule has 1 aliphatic heterocycles. The average Bonchev–Trinajstić information content (AvgIpc) is 2.48. The Morgan fingerprint density at radius 2 is 2.05 bits per heavy atom. The van der Waals surface area contributed by atoms with E-state index < -0.39 is 11.4 Å². The Morgan fingerprint density at radius 1 is 1.36 bits per heavy atom. The molecule has 1 aromatic carbocycles. The van der Waals surface area contributed by atoms with E-state index in [0.29, 0.717) is 43.2 Å². The first kappa shape index (κ1) is 16.8. The lowest BCUT2D eigenvalue weighted by Crippen LogP contribution is -2.42. The fraction of sp³-hybridized carbons (Fsp3) is 0.500. The van der Waals surface area contributed by atoms with Crippen molar-refractivity contribution in [2.24, 2.45) is 5.41 Å². The summed E-state index contributed by atoms with van der Waals surface area (Å²) in [5.41, 5.74) is 0.932. The minimum Gasteiger partial charge on any atom is -0.481 e. The molecule has 1 amide bonds. The molecule has 0 atom stereocenters. The summed E-state index contributed by atoms with van der Waals surface area (Å²) in [4.78, 5) is 23.3. The van der Waals surface area contributed by atoms with Crippen molar-refractivity contribution in [2.45, 2.75) is 26.2 Å². The highest BCUT2D eigenvalue weighted by molar-refractivity contribution is 6.31. The normalized spacial score (nSPS) is 17.0. The van der Waals surface area contributed by atoms with E-state index in [4.69, 9.17) is 21.4 Å². The Balaban J connectivity index is 2.03. The van der Waals surface area contributed by atoms with E-state index in [1.165, 1.54) is 0 Å². The van der Waals surface area contributed by atoms with Crippen LogP contribution in [0.15, 0.2) is 18.2 Å². The number of aliphatic carboxylic acids is 1. The third-order valence-electron chi connectivity index (χ3n) is 4.12. The number of rotatable bonds is 5. The lowest BCUT2D eigenvalue weighted by atomic mass is 9.77. The van der Waals surface area contributed by atoms with Crippen LogP contribution < -0.4 is 5.32 Å². The third kappa shape index (κ3) is 4.21. The summed E-state index contributed by atoms with van der Waals surface area (Å²) >= 11 is 5.95. The summed E-state index contributed by atoms with van der Waals surface area (Å²) in [6.07, 6.45) is 1.31. The van der Waals surface area contributed by atoms with Gasteiger partial charge in [0.2, 0.25) is 0 Å². The Labute approximate surface area is 134 Å². The fourth-order valence-corrected chi connectivity index (χ4v) is 2.81. The van der Waals surface area contributed by atoms with Crippen molar-refractivity contribution in [1.29, 1.82) is 0 Å². The Hall–Kier alpha value is -1.59. The maximum absolute atomic E-state index is 12.2. The first-order valence-electron chi connectivity index (χ1n) is 7.26. The van der Waals surface area contributed by atoms with Crippen molar-refractivity contribution in [1.82, 2.24) is 5.32 Å². The Morgan fingerprint density at radius 3 is 2.64 bits per heavy atom. The van der Waals surface area contributed by atoms with Gasteiger partial charge in [0.05, 0.1) is 6.42 Å². The highest BCUT2D eigenvalue weighted by Crippen LogP contribution is 2.33. The van der Waals surface area contributed by atoms with Crippen molar-refractivity contribution in [2.75, 3.05) is 19.8 Å². The van der Waals surface area contributed by atoms with Crippen molar-refractivity contribution in [3.63, 3.8) is 0 Å². The predicted octanol–water partition coefficient (Wildman–Crippen LogP) is 2.65. The van der Waals surface area contributed by atoms with Gasteiger partial charge >= 0.3 is 5.97 Å². The van der Waals surface area contributed by atoms with Crippen molar-refractivity contribution in [3.05, 3.63) is 34.3 Å². The molecule has 1 fully saturated rings. The molecule has 6 heteroatoms. The van der Waals surface area contributed by atoms with Gasteiger partial charge in [0, 0.05) is 35.8 Å². The molecule has 5 nitrogen and oxygen atoms in total. The molecule has 22 heavy (non-hydrogen) atoms. The van der Waals surface area contributed by atoms with Gasteiger partial charge in [0.15, 0.2) is 0 Å². The van der Waals surface area contributed by atoms with Crippen LogP contribution in [-0.4, -0.2) is 36.7 Å². The molecule has 1 heterocycles. The van der Waals surface area contributed by atoms with Crippen LogP contribution in [0.4, 0.5) is 0 Å². The van der Waals surface area contributed by atoms with Crippen molar-refractivity contribution in [3.8, 4) is 0 Å². The highest BCUT2D eigenvalue weighted by atomic mass is 35.5. The van der Waals surface area contributed by atoms with E-state index in [2.05, 4.69) is 5.32 Å². The monoisotopic (exact) mass is 325 g/mol. The van der Waals surface area contributed by atoms with Gasteiger partial charge in [-0.25, -0.2) is 0 Å². The van der Waals surface area contributed by atoms with E-state index >= 15 is 0 Å². The number of benzene rings is 1. The number of aryl methyl sites for hydroxylation is 1. The van der Waals surface area contributed by atoms with Crippen molar-refractivity contribution >= 4 is 23.5 Å². The zero-order chi connectivity index (χ0) is 16.2. The van der Waals surface area contributed by atoms with Gasteiger partial charge in [-0.05, 0) is 43.5 Å². The van der Waals surface area contributed by atoms with Gasteiger partial charge < -0.3 is 15.2 Å². The van der Waals surface area contributed by atoms with Crippen LogP contribution in [-0.2, 0) is 9.53 Å². The van der Waals surface area contributed by atoms with Gasteiger partial charge in [-0.1, -0.05) is 11.6 Å². The molecule has 120 valence electrons. The molecule has 1 saturated heterocycles. The number of hydrogen-bond acceptors (Lipinski definition) is 3. The molecule has 0 aliphatic carbocycles. The molecular formula is C16H20ClNO4. The number of hydrogen-bond donors (Lipinski definition) is 2. The van der Waals surface area contributed by atoms with Gasteiger partial charge in [0.1, 0.15) is 0 Å². The van der Waals surface area contributed by atoms with E-state index in [0.717, 1.165) is 5.56 Å². The van der Waals surface area contributed by atoms with Gasteiger partial charge in [-0.15, -0.1) is 0 Å². The fourth-order valence-electron chi connectivity index (χ4n) is 2.70. The van der Waals surface area contributed by atoms with E-state index in [1.807, 2.05) is 6.92 Å². The van der Waals surface area contributed by atoms with Crippen LogP contribution in [0.25, 0.3) is 0 Å². The molecule has 0 unspecified atom stereocenters. The summed E-state index contributed by atoms with van der Waals surface area (Å²) in [6.45, 7) is 3.24. The summed E-state index contributed by atoms with van der Waals surface area (Å²) in [7, 11) is 0. The number of carbonyl (C=O) groups is 2. The Kier molecular flexibility index (Phi) is 5.42. The van der Waals surface area contributed by atoms with Crippen LogP contribution in [0.1, 0.15) is 35.2 Å². The molecule has 0 saturated carbocycles. The first-order valence-corrected chi connectivity index (χ1v) is 7.64. The van der Waals surface area contributed by atoms with Crippen LogP contribution in [0.3, 0.4) is 0 Å². The molecule has 2 N–H and O–H groups in total. The standard InChI is InChI=1S/C16H20ClNO4/c1-11-8-12(2-3-13(11)17)15(21)18-10-16(9-14(19)20)4-6-22-7-5-16/h2-3,8H,4-7,9-10H2,1H3,(H,18,21)(H,19,20). The number of ether oxygens (including phenoxy) is 1. The second-order valence-electron chi connectivity index (χ2n) is 5.83. The number of carboxylic acids is 1. The average molecular weight is 326 g/mol. The lowest BCUT2D eigenvalue weighted by molar-refractivity contribution is -0.141. The summed E-state index contributed by atoms with van der Waals surface area (Å²) in [5, 5.41) is 12.6. The maximum Gasteiger partial charge on any atom is 0.303 e. The smallest absolute Gasteiger partial charge is 0.303 e. The number of halogens is 1. The molecule has 0 aromatic heterocycles. The van der Waals surface area contributed by atoms with E-state index in [-0.39, 0.29) is 12.3 Å². The molecule has 0 spiro atoms. The van der Waals surface area contributed by atoms with Gasteiger partial charge in [-0.3, -0.25) is 9.59 Å². The molecule has 0 radical (unpaired) electrons. The number of carboxylic acid groups (broad SMARTS) is 1.